The number of rotatable bonds is 7. The third-order valence-electron chi connectivity index (χ3n) is 3.71. The standard InChI is InChI=1S/C16H14ClN3O2S2.C4H4O4/c1-18-9-11-8-14(24(21,22)12-4-2-6-19-10-12)15(23-11)13-5-3-7-20-16(13)17;5-3(6)1-2-4(7)8/h2-8,10,18H,9H2,1H3;1-2H,(H,5,6)(H,7,8)/b;2-1+. The average molecular weight is 496 g/mol. The lowest BCUT2D eigenvalue weighted by atomic mass is 10.2. The van der Waals surface area contributed by atoms with Crippen molar-refractivity contribution >= 4 is 44.7 Å². The molecule has 0 atom stereocenters. The molecule has 0 amide bonds. The van der Waals surface area contributed by atoms with Crippen LogP contribution in [-0.2, 0) is 26.0 Å². The molecule has 3 heterocycles. The fraction of sp³-hybridized carbons (Fsp3) is 0.100. The van der Waals surface area contributed by atoms with Crippen molar-refractivity contribution in [1.29, 1.82) is 0 Å². The van der Waals surface area contributed by atoms with E-state index < -0.39 is 21.8 Å². The molecule has 0 radical (unpaired) electrons. The number of aromatic nitrogens is 2. The molecular formula is C20H18ClN3O6S2. The molecule has 0 fully saturated rings. The van der Waals surface area contributed by atoms with Crippen molar-refractivity contribution in [3.05, 3.63) is 71.1 Å². The number of nitrogens with one attached hydrogen (secondary N) is 1. The Morgan fingerprint density at radius 2 is 1.81 bits per heavy atom. The third kappa shape index (κ3) is 6.69. The molecular weight excluding hydrogens is 478 g/mol. The topological polar surface area (TPSA) is 147 Å². The predicted molar refractivity (Wildman–Crippen MR) is 119 cm³/mol. The second kappa shape index (κ2) is 11.5. The molecule has 3 N–H and O–H groups in total. The molecule has 0 aromatic carbocycles. The third-order valence-corrected chi connectivity index (χ3v) is 7.07. The van der Waals surface area contributed by atoms with Gasteiger partial charge < -0.3 is 15.5 Å². The van der Waals surface area contributed by atoms with Crippen molar-refractivity contribution in [3.63, 3.8) is 0 Å². The maximum atomic E-state index is 13.0. The van der Waals surface area contributed by atoms with Crippen LogP contribution in [0, 0.1) is 0 Å². The Morgan fingerprint density at radius 1 is 1.16 bits per heavy atom. The van der Waals surface area contributed by atoms with Gasteiger partial charge in [-0.25, -0.2) is 23.0 Å². The molecule has 0 bridgehead atoms. The molecule has 0 aliphatic carbocycles. The lowest BCUT2D eigenvalue weighted by molar-refractivity contribution is -0.134. The normalized spacial score (nSPS) is 11.1. The zero-order valence-electron chi connectivity index (χ0n) is 16.6. The van der Waals surface area contributed by atoms with E-state index >= 15 is 0 Å². The first-order chi connectivity index (χ1) is 15.2. The number of thiophene rings is 1. The Labute approximate surface area is 193 Å². The minimum Gasteiger partial charge on any atom is -0.478 e. The van der Waals surface area contributed by atoms with Gasteiger partial charge in [-0.3, -0.25) is 4.98 Å². The van der Waals surface area contributed by atoms with Gasteiger partial charge in [0.1, 0.15) is 5.15 Å². The summed E-state index contributed by atoms with van der Waals surface area (Å²) >= 11 is 7.57. The van der Waals surface area contributed by atoms with Crippen LogP contribution in [0.2, 0.25) is 5.15 Å². The molecule has 0 unspecified atom stereocenters. The molecule has 168 valence electrons. The highest BCUT2D eigenvalue weighted by atomic mass is 35.5. The molecule has 0 spiro atoms. The van der Waals surface area contributed by atoms with E-state index in [9.17, 15) is 18.0 Å². The summed E-state index contributed by atoms with van der Waals surface area (Å²) < 4.78 is 26.1. The van der Waals surface area contributed by atoms with Crippen LogP contribution in [0.1, 0.15) is 4.88 Å². The number of carboxylic acid groups (broad SMARTS) is 2. The quantitative estimate of drug-likeness (QED) is 0.332. The number of hydrogen-bond acceptors (Lipinski definition) is 8. The number of halogens is 1. The molecule has 12 heteroatoms. The summed E-state index contributed by atoms with van der Waals surface area (Å²) in [6.45, 7) is 0.568. The van der Waals surface area contributed by atoms with Crippen LogP contribution >= 0.6 is 22.9 Å². The van der Waals surface area contributed by atoms with Crippen molar-refractivity contribution in [2.24, 2.45) is 0 Å². The number of pyridine rings is 2. The first kappa shape index (κ1) is 25.1. The average Bonchev–Trinajstić information content (AvgIpc) is 3.18. The van der Waals surface area contributed by atoms with E-state index in [2.05, 4.69) is 15.3 Å². The Balaban J connectivity index is 0.000000390. The number of hydrogen-bond donors (Lipinski definition) is 3. The molecule has 32 heavy (non-hydrogen) atoms. The molecule has 3 aromatic heterocycles. The van der Waals surface area contributed by atoms with Crippen LogP contribution in [0.15, 0.2) is 70.9 Å². The second-order valence-electron chi connectivity index (χ2n) is 5.98. The molecule has 0 aliphatic heterocycles. The minimum atomic E-state index is -3.70. The molecule has 3 rings (SSSR count). The summed E-state index contributed by atoms with van der Waals surface area (Å²) in [5, 5.41) is 18.9. The second-order valence-corrected chi connectivity index (χ2v) is 9.39. The lowest BCUT2D eigenvalue weighted by Crippen LogP contribution is -2.04. The fourth-order valence-electron chi connectivity index (χ4n) is 2.40. The zero-order valence-corrected chi connectivity index (χ0v) is 19.0. The van der Waals surface area contributed by atoms with Crippen molar-refractivity contribution < 1.29 is 28.2 Å². The van der Waals surface area contributed by atoms with Gasteiger partial charge in [0.05, 0.1) is 14.7 Å². The fourth-order valence-corrected chi connectivity index (χ4v) is 5.65. The van der Waals surface area contributed by atoms with E-state index in [1.54, 1.807) is 30.5 Å². The highest BCUT2D eigenvalue weighted by Crippen LogP contribution is 2.40. The Morgan fingerprint density at radius 3 is 2.34 bits per heavy atom. The summed E-state index contributed by atoms with van der Waals surface area (Å²) in [7, 11) is -1.89. The van der Waals surface area contributed by atoms with Gasteiger partial charge >= 0.3 is 11.9 Å². The van der Waals surface area contributed by atoms with E-state index in [-0.39, 0.29) is 14.9 Å². The van der Waals surface area contributed by atoms with E-state index in [4.69, 9.17) is 21.8 Å². The molecule has 0 aliphatic rings. The van der Waals surface area contributed by atoms with Crippen molar-refractivity contribution in [1.82, 2.24) is 15.3 Å². The van der Waals surface area contributed by atoms with Gasteiger partial charge in [-0.15, -0.1) is 11.3 Å². The summed E-state index contributed by atoms with van der Waals surface area (Å²) in [5.74, 6) is -2.51. The van der Waals surface area contributed by atoms with Crippen molar-refractivity contribution in [2.75, 3.05) is 7.05 Å². The van der Waals surface area contributed by atoms with Crippen LogP contribution in [0.25, 0.3) is 10.4 Å². The Bertz CT molecular complexity index is 1210. The maximum absolute atomic E-state index is 13.0. The van der Waals surface area contributed by atoms with Gasteiger partial charge in [0, 0.05) is 47.7 Å². The SMILES string of the molecule is CNCc1cc(S(=O)(=O)c2cccnc2)c(-c2cccnc2Cl)s1.O=C(O)/C=C/C(=O)O. The molecule has 0 saturated carbocycles. The molecule has 9 nitrogen and oxygen atoms in total. The summed E-state index contributed by atoms with van der Waals surface area (Å²) in [6.07, 6.45) is 5.57. The minimum absolute atomic E-state index is 0.153. The molecule has 0 saturated heterocycles. The van der Waals surface area contributed by atoms with Gasteiger partial charge in [0.25, 0.3) is 0 Å². The highest BCUT2D eigenvalue weighted by Gasteiger charge is 2.26. The van der Waals surface area contributed by atoms with Gasteiger partial charge in [0.2, 0.25) is 9.84 Å². The summed E-state index contributed by atoms with van der Waals surface area (Å²) in [6, 6.07) is 8.32. The van der Waals surface area contributed by atoms with E-state index in [0.717, 1.165) is 4.88 Å². The predicted octanol–water partition coefficient (Wildman–Crippen LogP) is 3.12. The maximum Gasteiger partial charge on any atom is 0.328 e. The van der Waals surface area contributed by atoms with Crippen molar-refractivity contribution in [3.8, 4) is 10.4 Å². The Hall–Kier alpha value is -3.12. The monoisotopic (exact) mass is 495 g/mol. The largest absolute Gasteiger partial charge is 0.478 e. The first-order valence-electron chi connectivity index (χ1n) is 8.84. The summed E-state index contributed by atoms with van der Waals surface area (Å²) in [4.78, 5) is 28.9. The van der Waals surface area contributed by atoms with Crippen molar-refractivity contribution in [2.45, 2.75) is 16.3 Å². The number of carboxylic acids is 2. The highest BCUT2D eigenvalue weighted by molar-refractivity contribution is 7.91. The van der Waals surface area contributed by atoms with Crippen LogP contribution in [-0.4, -0.2) is 47.6 Å². The van der Waals surface area contributed by atoms with Crippen LogP contribution < -0.4 is 5.32 Å². The summed E-state index contributed by atoms with van der Waals surface area (Å²) in [5.41, 5.74) is 0.606. The van der Waals surface area contributed by atoms with E-state index in [1.807, 2.05) is 7.05 Å². The van der Waals surface area contributed by atoms with Crippen LogP contribution in [0.3, 0.4) is 0 Å². The van der Waals surface area contributed by atoms with Crippen LogP contribution in [0.4, 0.5) is 0 Å². The zero-order chi connectivity index (χ0) is 23.7. The smallest absolute Gasteiger partial charge is 0.328 e. The number of sulfone groups is 1. The van der Waals surface area contributed by atoms with Gasteiger partial charge in [0.15, 0.2) is 0 Å². The van der Waals surface area contributed by atoms with E-state index in [1.165, 1.54) is 29.8 Å². The van der Waals surface area contributed by atoms with Gasteiger partial charge in [-0.1, -0.05) is 11.6 Å². The number of nitrogens with zero attached hydrogens (tertiary/aromatic N) is 2. The molecule has 3 aromatic rings. The first-order valence-corrected chi connectivity index (χ1v) is 11.5. The number of carbonyl (C=O) groups is 2. The van der Waals surface area contributed by atoms with Crippen LogP contribution in [0.5, 0.6) is 0 Å². The van der Waals surface area contributed by atoms with E-state index in [0.29, 0.717) is 29.1 Å². The lowest BCUT2D eigenvalue weighted by Gasteiger charge is -2.06. The van der Waals surface area contributed by atoms with Gasteiger partial charge in [-0.05, 0) is 37.4 Å². The number of aliphatic carboxylic acids is 2. The Kier molecular flexibility index (Phi) is 9.02. The van der Waals surface area contributed by atoms with Gasteiger partial charge in [-0.2, -0.15) is 0 Å².